The molecule has 8 heteroatoms. The smallest absolute Gasteiger partial charge is 0.298 e. The number of hydrogen-bond donors (Lipinski definition) is 3. The number of fused-ring (bicyclic) bond motifs is 1. The highest BCUT2D eigenvalue weighted by molar-refractivity contribution is 6.16. The van der Waals surface area contributed by atoms with Crippen molar-refractivity contribution in [3.63, 3.8) is 0 Å². The Balaban J connectivity index is 1.62. The summed E-state index contributed by atoms with van der Waals surface area (Å²) in [5.41, 5.74) is 13.9. The summed E-state index contributed by atoms with van der Waals surface area (Å²) < 4.78 is 5.73. The first-order valence-electron chi connectivity index (χ1n) is 7.74. The van der Waals surface area contributed by atoms with Gasteiger partial charge in [0.15, 0.2) is 5.58 Å². The maximum absolute atomic E-state index is 8.06. The van der Waals surface area contributed by atoms with E-state index in [1.807, 2.05) is 18.2 Å². The number of nitrogens with two attached hydrogens (primary N) is 2. The molecule has 0 aliphatic carbocycles. The lowest BCUT2D eigenvalue weighted by atomic mass is 10.1. The quantitative estimate of drug-likeness (QED) is 0.477. The number of nitrogen functional groups attached to an aromatic ring is 2. The van der Waals surface area contributed by atoms with Crippen LogP contribution in [0.3, 0.4) is 0 Å². The first-order chi connectivity index (χ1) is 12.1. The minimum absolute atomic E-state index is 0.0304. The van der Waals surface area contributed by atoms with E-state index in [1.165, 1.54) is 6.33 Å². The Labute approximate surface area is 143 Å². The van der Waals surface area contributed by atoms with Gasteiger partial charge in [-0.3, -0.25) is 5.41 Å². The van der Waals surface area contributed by atoms with Gasteiger partial charge in [-0.15, -0.1) is 0 Å². The number of aromatic nitrogens is 3. The fraction of sp³-hybridized carbons (Fsp3) is 0.176. The number of nitrogens with zero attached hydrogens (tertiary/aromatic N) is 4. The monoisotopic (exact) mass is 333 g/mol. The number of rotatable bonds is 2. The Morgan fingerprint density at radius 2 is 1.96 bits per heavy atom. The van der Waals surface area contributed by atoms with Gasteiger partial charge in [-0.1, -0.05) is 5.92 Å². The van der Waals surface area contributed by atoms with Crippen LogP contribution in [0.25, 0.3) is 11.1 Å². The maximum Gasteiger partial charge on any atom is 0.298 e. The Morgan fingerprint density at radius 3 is 2.64 bits per heavy atom. The van der Waals surface area contributed by atoms with Crippen LogP contribution in [-0.4, -0.2) is 33.8 Å². The van der Waals surface area contributed by atoms with Gasteiger partial charge in [0.25, 0.3) is 6.01 Å². The van der Waals surface area contributed by atoms with E-state index >= 15 is 0 Å². The summed E-state index contributed by atoms with van der Waals surface area (Å²) in [6.07, 6.45) is 2.41. The zero-order valence-corrected chi connectivity index (χ0v) is 13.3. The lowest BCUT2D eigenvalue weighted by Crippen LogP contribution is -2.37. The van der Waals surface area contributed by atoms with Gasteiger partial charge in [-0.25, -0.2) is 9.97 Å². The van der Waals surface area contributed by atoms with E-state index in [0.29, 0.717) is 11.6 Å². The van der Waals surface area contributed by atoms with Gasteiger partial charge in [0.2, 0.25) is 0 Å². The zero-order valence-electron chi connectivity index (χ0n) is 13.3. The molecule has 8 nitrogen and oxygen atoms in total. The van der Waals surface area contributed by atoms with E-state index in [0.717, 1.165) is 30.6 Å². The van der Waals surface area contributed by atoms with Crippen LogP contribution in [0.2, 0.25) is 0 Å². The molecule has 2 aromatic heterocycles. The summed E-state index contributed by atoms with van der Waals surface area (Å²) >= 11 is 0. The van der Waals surface area contributed by atoms with Crippen LogP contribution in [0.1, 0.15) is 17.5 Å². The van der Waals surface area contributed by atoms with Crippen molar-refractivity contribution in [1.82, 2.24) is 15.0 Å². The van der Waals surface area contributed by atoms with Gasteiger partial charge < -0.3 is 20.8 Å². The van der Waals surface area contributed by atoms with Crippen molar-refractivity contribution >= 4 is 34.5 Å². The average Bonchev–Trinajstić information content (AvgIpc) is 2.93. The van der Waals surface area contributed by atoms with E-state index in [2.05, 4.69) is 31.7 Å². The highest BCUT2D eigenvalue weighted by atomic mass is 16.4. The highest BCUT2D eigenvalue weighted by Crippen LogP contribution is 2.25. The Bertz CT molecular complexity index is 1020. The predicted molar refractivity (Wildman–Crippen MR) is 95.4 cm³/mol. The number of oxazole rings is 1. The van der Waals surface area contributed by atoms with Crippen molar-refractivity contribution in [2.24, 2.45) is 0 Å². The summed E-state index contributed by atoms with van der Waals surface area (Å²) in [5, 5.41) is 8.06. The van der Waals surface area contributed by atoms with Crippen LogP contribution in [-0.2, 0) is 0 Å². The lowest BCUT2D eigenvalue weighted by molar-refractivity contribution is 0.510. The standard InChI is InChI=1S/C17H15N7O/c18-11(14-15(19)21-9-22-16(14)20)4-2-10-3-5-13-12(8-10)23-17(25-13)24-6-1-7-24/h3,5,8-9,18H,1,6-7H2,(H4,19,20,21,22). The molecule has 1 saturated heterocycles. The fourth-order valence-corrected chi connectivity index (χ4v) is 2.50. The molecule has 0 amide bonds. The van der Waals surface area contributed by atoms with Crippen molar-refractivity contribution in [3.8, 4) is 11.8 Å². The van der Waals surface area contributed by atoms with Crippen LogP contribution in [0, 0.1) is 17.3 Å². The normalized spacial score (nSPS) is 13.2. The summed E-state index contributed by atoms with van der Waals surface area (Å²) in [4.78, 5) is 14.3. The average molecular weight is 333 g/mol. The summed E-state index contributed by atoms with van der Waals surface area (Å²) in [5.74, 6) is 5.93. The van der Waals surface area contributed by atoms with E-state index in [9.17, 15) is 0 Å². The van der Waals surface area contributed by atoms with E-state index in [1.54, 1.807) is 0 Å². The third kappa shape index (κ3) is 2.72. The molecular formula is C17H15N7O. The molecule has 0 saturated carbocycles. The largest absolute Gasteiger partial charge is 0.423 e. The number of nitrogens with one attached hydrogen (secondary N) is 1. The van der Waals surface area contributed by atoms with Gasteiger partial charge in [0, 0.05) is 18.7 Å². The van der Waals surface area contributed by atoms with E-state index in [-0.39, 0.29) is 22.9 Å². The lowest BCUT2D eigenvalue weighted by Gasteiger charge is -2.28. The number of anilines is 3. The second kappa shape index (κ2) is 5.79. The van der Waals surface area contributed by atoms with Crippen molar-refractivity contribution in [1.29, 1.82) is 5.41 Å². The Hall–Kier alpha value is -3.60. The minimum Gasteiger partial charge on any atom is -0.423 e. The van der Waals surface area contributed by atoms with Crippen molar-refractivity contribution in [2.45, 2.75) is 6.42 Å². The number of benzene rings is 1. The Morgan fingerprint density at radius 1 is 1.20 bits per heavy atom. The van der Waals surface area contributed by atoms with Crippen molar-refractivity contribution in [2.75, 3.05) is 29.5 Å². The fourth-order valence-electron chi connectivity index (χ4n) is 2.50. The van der Waals surface area contributed by atoms with Crippen molar-refractivity contribution in [3.05, 3.63) is 35.7 Å². The highest BCUT2D eigenvalue weighted by Gasteiger charge is 2.20. The molecule has 4 rings (SSSR count). The van der Waals surface area contributed by atoms with Crippen LogP contribution in [0.4, 0.5) is 17.7 Å². The van der Waals surface area contributed by atoms with Crippen molar-refractivity contribution < 1.29 is 4.42 Å². The summed E-state index contributed by atoms with van der Waals surface area (Å²) in [6, 6.07) is 6.12. The van der Waals surface area contributed by atoms with Crippen LogP contribution in [0.15, 0.2) is 28.9 Å². The van der Waals surface area contributed by atoms with Gasteiger partial charge >= 0.3 is 0 Å². The van der Waals surface area contributed by atoms with Crippen LogP contribution in [0.5, 0.6) is 0 Å². The molecule has 3 heterocycles. The summed E-state index contributed by atoms with van der Waals surface area (Å²) in [6.45, 7) is 1.94. The second-order valence-corrected chi connectivity index (χ2v) is 5.66. The molecule has 1 aliphatic rings. The molecule has 3 aromatic rings. The first kappa shape index (κ1) is 15.0. The van der Waals surface area contributed by atoms with Gasteiger partial charge in [0.05, 0.1) is 5.56 Å². The SMILES string of the molecule is N=C(C#Cc1ccc2oc(N3CCC3)nc2c1)c1c(N)ncnc1N. The molecule has 1 aliphatic heterocycles. The second-order valence-electron chi connectivity index (χ2n) is 5.66. The third-order valence-corrected chi connectivity index (χ3v) is 3.99. The van der Waals surface area contributed by atoms with E-state index < -0.39 is 0 Å². The van der Waals surface area contributed by atoms with Crippen LogP contribution < -0.4 is 16.4 Å². The molecule has 5 N–H and O–H groups in total. The van der Waals surface area contributed by atoms with Gasteiger partial charge in [0.1, 0.15) is 29.2 Å². The van der Waals surface area contributed by atoms with Gasteiger partial charge in [-0.2, -0.15) is 4.98 Å². The molecule has 0 radical (unpaired) electrons. The molecular weight excluding hydrogens is 318 g/mol. The number of hydrogen-bond acceptors (Lipinski definition) is 8. The van der Waals surface area contributed by atoms with Crippen LogP contribution >= 0.6 is 0 Å². The zero-order chi connectivity index (χ0) is 17.4. The Kier molecular flexibility index (Phi) is 3.47. The molecule has 1 aromatic carbocycles. The summed E-state index contributed by atoms with van der Waals surface area (Å²) in [7, 11) is 0. The molecule has 124 valence electrons. The molecule has 0 atom stereocenters. The maximum atomic E-state index is 8.06. The molecule has 1 fully saturated rings. The minimum atomic E-state index is -0.0304. The molecule has 25 heavy (non-hydrogen) atoms. The molecule has 0 bridgehead atoms. The predicted octanol–water partition coefficient (Wildman–Crippen LogP) is 1.41. The molecule has 0 spiro atoms. The first-order valence-corrected chi connectivity index (χ1v) is 7.74. The topological polar surface area (TPSA) is 131 Å². The van der Waals surface area contributed by atoms with Gasteiger partial charge in [-0.05, 0) is 30.5 Å². The van der Waals surface area contributed by atoms with E-state index in [4.69, 9.17) is 21.3 Å². The molecule has 0 unspecified atom stereocenters. The third-order valence-electron chi connectivity index (χ3n) is 3.99.